The fraction of sp³-hybridized carbons (Fsp3) is 0.296. The first-order valence-corrected chi connectivity index (χ1v) is 13.0. The topological polar surface area (TPSA) is 112 Å². The number of aryl methyl sites for hydroxylation is 2. The van der Waals surface area contributed by atoms with Gasteiger partial charge in [0.15, 0.2) is 17.0 Å². The summed E-state index contributed by atoms with van der Waals surface area (Å²) < 4.78 is 52.7. The molecule has 0 fully saturated rings. The van der Waals surface area contributed by atoms with Gasteiger partial charge in [0.05, 0.1) is 24.5 Å². The Labute approximate surface area is 230 Å². The Morgan fingerprint density at radius 1 is 0.975 bits per heavy atom. The van der Waals surface area contributed by atoms with E-state index in [1.807, 2.05) is 13.8 Å². The number of aromatic nitrogens is 3. The molecule has 0 atom stereocenters. The summed E-state index contributed by atoms with van der Waals surface area (Å²) in [6.45, 7) is 8.57. The number of fused-ring (bicyclic) bond motifs is 1. The van der Waals surface area contributed by atoms with Crippen LogP contribution in [0.5, 0.6) is 0 Å². The molecule has 4 rings (SSSR count). The van der Waals surface area contributed by atoms with Crippen molar-refractivity contribution in [3.8, 4) is 11.3 Å². The van der Waals surface area contributed by atoms with Gasteiger partial charge in [-0.3, -0.25) is 4.79 Å². The van der Waals surface area contributed by atoms with E-state index in [9.17, 15) is 27.6 Å². The van der Waals surface area contributed by atoms with Gasteiger partial charge in [-0.05, 0) is 63.4 Å². The fourth-order valence-corrected chi connectivity index (χ4v) is 5.03. The normalized spacial score (nSPS) is 11.5. The predicted molar refractivity (Wildman–Crippen MR) is 142 cm³/mol. The van der Waals surface area contributed by atoms with Gasteiger partial charge < -0.3 is 14.8 Å². The van der Waals surface area contributed by atoms with Crippen LogP contribution in [0.25, 0.3) is 16.9 Å². The Kier molecular flexibility index (Phi) is 7.96. The summed E-state index contributed by atoms with van der Waals surface area (Å²) in [5.41, 5.74) is 0.879. The number of carbonyl (C=O) groups is 3. The zero-order valence-corrected chi connectivity index (χ0v) is 23.0. The molecule has 1 N–H and O–H groups in total. The van der Waals surface area contributed by atoms with Crippen molar-refractivity contribution in [2.24, 2.45) is 0 Å². The van der Waals surface area contributed by atoms with Gasteiger partial charge in [0.2, 0.25) is 0 Å². The molecule has 0 saturated carbocycles. The van der Waals surface area contributed by atoms with Gasteiger partial charge in [-0.1, -0.05) is 12.1 Å². The number of anilines is 1. The van der Waals surface area contributed by atoms with Crippen LogP contribution in [0, 0.1) is 20.8 Å². The highest BCUT2D eigenvalue weighted by Crippen LogP contribution is 2.36. The number of nitrogens with one attached hydrogen (secondary N) is 1. The Morgan fingerprint density at radius 3 is 2.27 bits per heavy atom. The van der Waals surface area contributed by atoms with Crippen molar-refractivity contribution < 1.29 is 37.0 Å². The average Bonchev–Trinajstić information content (AvgIpc) is 3.45. The summed E-state index contributed by atoms with van der Waals surface area (Å²) in [7, 11) is 0. The largest absolute Gasteiger partial charge is 0.462 e. The first kappa shape index (κ1) is 28.7. The molecule has 0 saturated heterocycles. The molecule has 40 heavy (non-hydrogen) atoms. The molecule has 9 nitrogen and oxygen atoms in total. The molecule has 4 aromatic rings. The summed E-state index contributed by atoms with van der Waals surface area (Å²) in [6.07, 6.45) is -4.80. The third-order valence-electron chi connectivity index (χ3n) is 6.07. The van der Waals surface area contributed by atoms with Crippen LogP contribution in [-0.4, -0.2) is 45.7 Å². The molecule has 3 aromatic heterocycles. The Balaban J connectivity index is 1.78. The van der Waals surface area contributed by atoms with E-state index in [1.54, 1.807) is 32.0 Å². The molecule has 0 aliphatic heterocycles. The molecule has 0 bridgehead atoms. The average molecular weight is 575 g/mol. The zero-order chi connectivity index (χ0) is 29.4. The van der Waals surface area contributed by atoms with Crippen molar-refractivity contribution >= 4 is 39.8 Å². The second kappa shape index (κ2) is 11.1. The van der Waals surface area contributed by atoms with E-state index in [4.69, 9.17) is 9.47 Å². The highest BCUT2D eigenvalue weighted by Gasteiger charge is 2.36. The Hall–Kier alpha value is -4.26. The Bertz CT molecular complexity index is 1640. The van der Waals surface area contributed by atoms with Crippen LogP contribution in [0.4, 0.5) is 18.2 Å². The van der Waals surface area contributed by atoms with Crippen molar-refractivity contribution in [3.63, 3.8) is 0 Å². The molecule has 0 aliphatic carbocycles. The number of rotatable bonds is 7. The summed E-state index contributed by atoms with van der Waals surface area (Å²) in [4.78, 5) is 42.6. The number of halogens is 3. The van der Waals surface area contributed by atoms with Gasteiger partial charge in [-0.25, -0.2) is 19.1 Å². The predicted octanol–water partition coefficient (Wildman–Crippen LogP) is 6.01. The summed E-state index contributed by atoms with van der Waals surface area (Å²) in [5, 5.41) is 6.33. The molecule has 13 heteroatoms. The number of esters is 2. The highest BCUT2D eigenvalue weighted by molar-refractivity contribution is 7.18. The molecule has 1 aromatic carbocycles. The van der Waals surface area contributed by atoms with Crippen molar-refractivity contribution in [2.45, 2.75) is 40.8 Å². The standard InChI is InChI=1S/C27H25F3N4O5S/c1-6-38-25(36)21-15(5)22(26(37)39-7-2)40-24(21)32-23(35)18-12-20-31-17(16-9-8-13(3)14(4)10-16)11-19(27(28,29)30)34(20)33-18/h8-12H,6-7H2,1-5H3,(H,32,35). The second-order valence-corrected chi connectivity index (χ2v) is 9.80. The maximum Gasteiger partial charge on any atom is 0.433 e. The number of hydrogen-bond acceptors (Lipinski definition) is 8. The molecule has 0 aliphatic rings. The van der Waals surface area contributed by atoms with Crippen LogP contribution in [-0.2, 0) is 15.7 Å². The number of benzene rings is 1. The minimum absolute atomic E-state index is 0.0270. The van der Waals surface area contributed by atoms with E-state index in [0.29, 0.717) is 10.1 Å². The monoisotopic (exact) mass is 574 g/mol. The quantitative estimate of drug-likeness (QED) is 0.269. The number of ether oxygens (including phenoxy) is 2. The van der Waals surface area contributed by atoms with E-state index < -0.39 is 29.7 Å². The molecular formula is C27H25F3N4O5S. The van der Waals surface area contributed by atoms with E-state index >= 15 is 0 Å². The molecule has 0 spiro atoms. The number of hydrogen-bond donors (Lipinski definition) is 1. The zero-order valence-electron chi connectivity index (χ0n) is 22.2. The number of amides is 1. The van der Waals surface area contributed by atoms with Gasteiger partial charge in [-0.2, -0.15) is 18.3 Å². The van der Waals surface area contributed by atoms with Crippen LogP contribution in [0.2, 0.25) is 0 Å². The van der Waals surface area contributed by atoms with Crippen molar-refractivity contribution in [3.05, 3.63) is 68.9 Å². The third-order valence-corrected chi connectivity index (χ3v) is 7.25. The van der Waals surface area contributed by atoms with E-state index in [2.05, 4.69) is 15.4 Å². The van der Waals surface area contributed by atoms with Crippen molar-refractivity contribution in [2.75, 3.05) is 18.5 Å². The maximum absolute atomic E-state index is 14.0. The number of carbonyl (C=O) groups excluding carboxylic acids is 3. The molecule has 1 amide bonds. The lowest BCUT2D eigenvalue weighted by atomic mass is 10.0. The summed E-state index contributed by atoms with van der Waals surface area (Å²) in [5.74, 6) is -2.38. The van der Waals surface area contributed by atoms with Gasteiger partial charge in [0, 0.05) is 11.6 Å². The highest BCUT2D eigenvalue weighted by atomic mass is 32.1. The molecular weight excluding hydrogens is 549 g/mol. The second-order valence-electron chi connectivity index (χ2n) is 8.78. The first-order chi connectivity index (χ1) is 18.8. The SMILES string of the molecule is CCOC(=O)c1sc(NC(=O)c2cc3nc(-c4ccc(C)c(C)c4)cc(C(F)(F)F)n3n2)c(C(=O)OCC)c1C. The van der Waals surface area contributed by atoms with Gasteiger partial charge in [0.1, 0.15) is 9.88 Å². The fourth-order valence-electron chi connectivity index (χ4n) is 3.95. The van der Waals surface area contributed by atoms with Gasteiger partial charge in [-0.15, -0.1) is 11.3 Å². The molecule has 0 unspecified atom stereocenters. The smallest absolute Gasteiger partial charge is 0.433 e. The van der Waals surface area contributed by atoms with Crippen LogP contribution in [0.15, 0.2) is 30.3 Å². The maximum atomic E-state index is 14.0. The van der Waals surface area contributed by atoms with Gasteiger partial charge >= 0.3 is 18.1 Å². The van der Waals surface area contributed by atoms with E-state index in [-0.39, 0.29) is 51.3 Å². The summed E-state index contributed by atoms with van der Waals surface area (Å²) >= 11 is 0.790. The molecule has 210 valence electrons. The lowest BCUT2D eigenvalue weighted by Crippen LogP contribution is -2.17. The van der Waals surface area contributed by atoms with Crippen LogP contribution >= 0.6 is 11.3 Å². The number of thiophene rings is 1. The summed E-state index contributed by atoms with van der Waals surface area (Å²) in [6, 6.07) is 7.18. The third kappa shape index (κ3) is 5.55. The van der Waals surface area contributed by atoms with E-state index in [0.717, 1.165) is 34.6 Å². The van der Waals surface area contributed by atoms with Gasteiger partial charge in [0.25, 0.3) is 5.91 Å². The minimum atomic E-state index is -4.80. The van der Waals surface area contributed by atoms with Crippen molar-refractivity contribution in [1.29, 1.82) is 0 Å². The van der Waals surface area contributed by atoms with Crippen molar-refractivity contribution in [1.82, 2.24) is 14.6 Å². The minimum Gasteiger partial charge on any atom is -0.462 e. The van der Waals surface area contributed by atoms with Crippen LogP contribution in [0.1, 0.15) is 66.7 Å². The lowest BCUT2D eigenvalue weighted by molar-refractivity contribution is -0.142. The Morgan fingerprint density at radius 2 is 1.65 bits per heavy atom. The van der Waals surface area contributed by atoms with Crippen LogP contribution in [0.3, 0.4) is 0 Å². The number of nitrogens with zero attached hydrogens (tertiary/aromatic N) is 3. The lowest BCUT2D eigenvalue weighted by Gasteiger charge is -2.11. The first-order valence-electron chi connectivity index (χ1n) is 12.2. The molecule has 3 heterocycles. The van der Waals surface area contributed by atoms with Crippen LogP contribution < -0.4 is 5.32 Å². The molecule has 0 radical (unpaired) electrons. The number of alkyl halides is 3. The van der Waals surface area contributed by atoms with E-state index in [1.165, 1.54) is 6.92 Å².